The summed E-state index contributed by atoms with van der Waals surface area (Å²) in [5.41, 5.74) is -0.504. The van der Waals surface area contributed by atoms with Crippen LogP contribution in [0.1, 0.15) is 47.0 Å². The third-order valence-corrected chi connectivity index (χ3v) is 2.58. The van der Waals surface area contributed by atoms with Gasteiger partial charge in [-0.1, -0.05) is 6.92 Å². The number of piperidine rings is 1. The van der Waals surface area contributed by atoms with Crippen LogP contribution in [-0.2, 0) is 9.53 Å². The maximum Gasteiger partial charge on any atom is 0.410 e. The van der Waals surface area contributed by atoms with Crippen LogP contribution in [0.2, 0.25) is 0 Å². The molecule has 0 radical (unpaired) electrons. The quantitative estimate of drug-likeness (QED) is 0.691. The zero-order valence-corrected chi connectivity index (χ0v) is 10.6. The van der Waals surface area contributed by atoms with Gasteiger partial charge in [-0.15, -0.1) is 0 Å². The van der Waals surface area contributed by atoms with Crippen LogP contribution in [0, 0.1) is 0 Å². The zero-order chi connectivity index (χ0) is 12.3. The number of likely N-dealkylation sites (tertiary alicyclic amines) is 1. The van der Waals surface area contributed by atoms with Crippen molar-refractivity contribution in [3.63, 3.8) is 0 Å². The van der Waals surface area contributed by atoms with Gasteiger partial charge in [0.15, 0.2) is 5.78 Å². The molecule has 0 saturated carbocycles. The highest BCUT2D eigenvalue weighted by Crippen LogP contribution is 2.19. The molecule has 0 N–H and O–H groups in total. The number of carbonyl (C=O) groups is 2. The first kappa shape index (κ1) is 13.0. The van der Waals surface area contributed by atoms with E-state index in [-0.39, 0.29) is 17.9 Å². The largest absolute Gasteiger partial charge is 0.444 e. The van der Waals surface area contributed by atoms with Gasteiger partial charge in [-0.05, 0) is 33.6 Å². The van der Waals surface area contributed by atoms with E-state index in [0.717, 1.165) is 6.42 Å². The van der Waals surface area contributed by atoms with Crippen LogP contribution in [0.5, 0.6) is 0 Å². The Morgan fingerprint density at radius 3 is 2.62 bits per heavy atom. The van der Waals surface area contributed by atoms with Crippen LogP contribution < -0.4 is 0 Å². The molecule has 0 bridgehead atoms. The Balaban J connectivity index is 2.70. The first-order chi connectivity index (χ1) is 7.35. The predicted molar refractivity (Wildman–Crippen MR) is 61.3 cm³/mol. The van der Waals surface area contributed by atoms with E-state index >= 15 is 0 Å². The van der Waals surface area contributed by atoms with Crippen molar-refractivity contribution in [1.82, 2.24) is 4.90 Å². The number of amides is 1. The van der Waals surface area contributed by atoms with E-state index in [1.165, 1.54) is 0 Å². The zero-order valence-electron chi connectivity index (χ0n) is 10.6. The molecule has 0 aromatic rings. The molecule has 1 heterocycles. The molecular weight excluding hydrogens is 206 g/mol. The smallest absolute Gasteiger partial charge is 0.410 e. The number of Topliss-reactive ketones (excluding diaryl/α,β-unsaturated/α-hetero) is 1. The van der Waals surface area contributed by atoms with Gasteiger partial charge in [0.2, 0.25) is 0 Å². The second-order valence-corrected chi connectivity index (χ2v) is 5.17. The van der Waals surface area contributed by atoms with E-state index in [9.17, 15) is 9.59 Å². The number of ether oxygens (including phenoxy) is 1. The summed E-state index contributed by atoms with van der Waals surface area (Å²) in [6, 6.07) is -0.288. The van der Waals surface area contributed by atoms with Gasteiger partial charge in [-0.2, -0.15) is 0 Å². The Morgan fingerprint density at radius 2 is 2.12 bits per heavy atom. The summed E-state index contributed by atoms with van der Waals surface area (Å²) in [6.07, 6.45) is 1.62. The van der Waals surface area contributed by atoms with Crippen molar-refractivity contribution in [2.24, 2.45) is 0 Å². The standard InChI is InChI=1S/C12H21NO3/c1-5-9-10(14)7-6-8-13(9)11(15)16-12(2,3)4/h9H,5-8H2,1-4H3/t9-/m1/s1. The molecule has 1 saturated heterocycles. The number of hydrogen-bond donors (Lipinski definition) is 0. The average Bonchev–Trinajstić information content (AvgIpc) is 2.14. The molecule has 16 heavy (non-hydrogen) atoms. The van der Waals surface area contributed by atoms with E-state index in [1.54, 1.807) is 4.90 Å². The normalized spacial score (nSPS) is 22.1. The molecular formula is C12H21NO3. The molecule has 0 aromatic carbocycles. The van der Waals surface area contributed by atoms with Gasteiger partial charge >= 0.3 is 6.09 Å². The number of rotatable bonds is 1. The first-order valence-electron chi connectivity index (χ1n) is 5.87. The number of hydrogen-bond acceptors (Lipinski definition) is 3. The molecule has 1 aliphatic rings. The summed E-state index contributed by atoms with van der Waals surface area (Å²) in [5.74, 6) is 0.152. The summed E-state index contributed by atoms with van der Waals surface area (Å²) in [6.45, 7) is 8.04. The van der Waals surface area contributed by atoms with Crippen LogP contribution in [0.25, 0.3) is 0 Å². The molecule has 1 fully saturated rings. The van der Waals surface area contributed by atoms with Crippen molar-refractivity contribution in [3.8, 4) is 0 Å². The van der Waals surface area contributed by atoms with Crippen LogP contribution in [0.15, 0.2) is 0 Å². The first-order valence-corrected chi connectivity index (χ1v) is 5.87. The van der Waals surface area contributed by atoms with Gasteiger partial charge in [-0.3, -0.25) is 9.69 Å². The van der Waals surface area contributed by atoms with E-state index in [0.29, 0.717) is 19.4 Å². The molecule has 4 nitrogen and oxygen atoms in total. The fraction of sp³-hybridized carbons (Fsp3) is 0.833. The van der Waals surface area contributed by atoms with Gasteiger partial charge < -0.3 is 4.74 Å². The maximum absolute atomic E-state index is 11.9. The second kappa shape index (κ2) is 4.85. The Labute approximate surface area is 96.9 Å². The third kappa shape index (κ3) is 3.22. The highest BCUT2D eigenvalue weighted by atomic mass is 16.6. The fourth-order valence-corrected chi connectivity index (χ4v) is 1.91. The molecule has 0 aliphatic carbocycles. The van der Waals surface area contributed by atoms with Crippen molar-refractivity contribution in [2.45, 2.75) is 58.6 Å². The molecule has 1 rings (SSSR count). The van der Waals surface area contributed by atoms with Gasteiger partial charge in [-0.25, -0.2) is 4.79 Å². The van der Waals surface area contributed by atoms with Gasteiger partial charge in [0.25, 0.3) is 0 Å². The average molecular weight is 227 g/mol. The van der Waals surface area contributed by atoms with Crippen LogP contribution in [0.3, 0.4) is 0 Å². The second-order valence-electron chi connectivity index (χ2n) is 5.17. The Morgan fingerprint density at radius 1 is 1.50 bits per heavy atom. The topological polar surface area (TPSA) is 46.6 Å². The summed E-state index contributed by atoms with van der Waals surface area (Å²) in [5, 5.41) is 0. The lowest BCUT2D eigenvalue weighted by Gasteiger charge is -2.35. The highest BCUT2D eigenvalue weighted by molar-refractivity contribution is 5.88. The minimum absolute atomic E-state index is 0.152. The minimum atomic E-state index is -0.504. The summed E-state index contributed by atoms with van der Waals surface area (Å²) >= 11 is 0. The van der Waals surface area contributed by atoms with E-state index in [4.69, 9.17) is 4.74 Å². The molecule has 1 amide bonds. The van der Waals surface area contributed by atoms with Crippen LogP contribution in [-0.4, -0.2) is 35.0 Å². The molecule has 1 aliphatic heterocycles. The molecule has 1 atom stereocenters. The summed E-state index contributed by atoms with van der Waals surface area (Å²) < 4.78 is 5.29. The van der Waals surface area contributed by atoms with Gasteiger partial charge in [0, 0.05) is 13.0 Å². The van der Waals surface area contributed by atoms with E-state index < -0.39 is 5.60 Å². The number of nitrogens with zero attached hydrogens (tertiary/aromatic N) is 1. The molecule has 4 heteroatoms. The van der Waals surface area contributed by atoms with Gasteiger partial charge in [0.1, 0.15) is 5.60 Å². The Bertz CT molecular complexity index is 280. The summed E-state index contributed by atoms with van der Waals surface area (Å²) in [7, 11) is 0. The molecule has 0 spiro atoms. The maximum atomic E-state index is 11.9. The van der Waals surface area contributed by atoms with Crippen molar-refractivity contribution in [2.75, 3.05) is 6.54 Å². The van der Waals surface area contributed by atoms with Crippen molar-refractivity contribution in [3.05, 3.63) is 0 Å². The van der Waals surface area contributed by atoms with E-state index in [1.807, 2.05) is 27.7 Å². The van der Waals surface area contributed by atoms with Crippen molar-refractivity contribution >= 4 is 11.9 Å². The molecule has 0 unspecified atom stereocenters. The lowest BCUT2D eigenvalue weighted by atomic mass is 9.99. The van der Waals surface area contributed by atoms with Crippen molar-refractivity contribution in [1.29, 1.82) is 0 Å². The number of carbonyl (C=O) groups excluding carboxylic acids is 2. The monoisotopic (exact) mass is 227 g/mol. The fourth-order valence-electron chi connectivity index (χ4n) is 1.91. The summed E-state index contributed by atoms with van der Waals surface area (Å²) in [4.78, 5) is 25.1. The number of ketones is 1. The van der Waals surface area contributed by atoms with E-state index in [2.05, 4.69) is 0 Å². The minimum Gasteiger partial charge on any atom is -0.444 e. The van der Waals surface area contributed by atoms with Crippen molar-refractivity contribution < 1.29 is 14.3 Å². The molecule has 92 valence electrons. The van der Waals surface area contributed by atoms with Gasteiger partial charge in [0.05, 0.1) is 6.04 Å². The third-order valence-electron chi connectivity index (χ3n) is 2.58. The molecule has 0 aromatic heterocycles. The lowest BCUT2D eigenvalue weighted by molar-refractivity contribution is -0.126. The lowest BCUT2D eigenvalue weighted by Crippen LogP contribution is -2.50. The van der Waals surface area contributed by atoms with Crippen LogP contribution >= 0.6 is 0 Å². The van der Waals surface area contributed by atoms with Crippen LogP contribution in [0.4, 0.5) is 4.79 Å². The Hall–Kier alpha value is -1.06. The highest BCUT2D eigenvalue weighted by Gasteiger charge is 2.34. The predicted octanol–water partition coefficient (Wildman–Crippen LogP) is 2.37. The Kier molecular flexibility index (Phi) is 3.94. The SMILES string of the molecule is CC[C@@H]1C(=O)CCCN1C(=O)OC(C)(C)C.